The number of anilines is 1. The summed E-state index contributed by atoms with van der Waals surface area (Å²) in [5.41, 5.74) is 1.97. The zero-order valence-corrected chi connectivity index (χ0v) is 14.2. The molecule has 0 bridgehead atoms. The van der Waals surface area contributed by atoms with Gasteiger partial charge in [-0.05, 0) is 37.6 Å². The highest BCUT2D eigenvalue weighted by Crippen LogP contribution is 2.24. The molecule has 2 aromatic carbocycles. The minimum atomic E-state index is -0.407. The minimum absolute atomic E-state index is 0.0791. The fourth-order valence-electron chi connectivity index (χ4n) is 3.25. The van der Waals surface area contributed by atoms with Crippen LogP contribution in [0.2, 0.25) is 0 Å². The summed E-state index contributed by atoms with van der Waals surface area (Å²) < 4.78 is 0. The predicted octanol–water partition coefficient (Wildman–Crippen LogP) is 3.22. The van der Waals surface area contributed by atoms with Gasteiger partial charge in [-0.2, -0.15) is 0 Å². The number of amides is 1. The Morgan fingerprint density at radius 3 is 2.48 bits per heavy atom. The Balaban J connectivity index is 1.69. The van der Waals surface area contributed by atoms with E-state index in [0.717, 1.165) is 30.6 Å². The molecule has 1 heterocycles. The molecule has 0 aromatic heterocycles. The number of nitro benzene ring substituents is 1. The highest BCUT2D eigenvalue weighted by Gasteiger charge is 2.32. The lowest BCUT2D eigenvalue weighted by molar-refractivity contribution is -0.384. The average molecular weight is 339 g/mol. The van der Waals surface area contributed by atoms with Crippen LogP contribution in [0.4, 0.5) is 11.4 Å². The molecule has 6 nitrogen and oxygen atoms in total. The van der Waals surface area contributed by atoms with Crippen LogP contribution in [0, 0.1) is 10.1 Å². The van der Waals surface area contributed by atoms with Crippen LogP contribution in [-0.2, 0) is 11.3 Å². The van der Waals surface area contributed by atoms with Crippen LogP contribution in [0.1, 0.15) is 18.4 Å². The van der Waals surface area contributed by atoms with Crippen LogP contribution in [0.3, 0.4) is 0 Å². The summed E-state index contributed by atoms with van der Waals surface area (Å²) in [6.45, 7) is 1.32. The maximum absolute atomic E-state index is 12.9. The molecule has 1 unspecified atom stereocenters. The molecular formula is C19H21N3O3. The first-order chi connectivity index (χ1) is 12.1. The van der Waals surface area contributed by atoms with Crippen molar-refractivity contribution in [3.63, 3.8) is 0 Å². The average Bonchev–Trinajstić information content (AvgIpc) is 2.63. The summed E-state index contributed by atoms with van der Waals surface area (Å²) in [6.07, 6.45) is 1.78. The van der Waals surface area contributed by atoms with Crippen molar-refractivity contribution in [1.82, 2.24) is 4.90 Å². The first kappa shape index (κ1) is 17.1. The third kappa shape index (κ3) is 3.85. The molecule has 3 rings (SSSR count). The van der Waals surface area contributed by atoms with Crippen molar-refractivity contribution in [2.75, 3.05) is 18.5 Å². The van der Waals surface area contributed by atoms with Gasteiger partial charge in [-0.25, -0.2) is 0 Å². The smallest absolute Gasteiger partial charge is 0.269 e. The molecule has 1 amide bonds. The van der Waals surface area contributed by atoms with Crippen LogP contribution < -0.4 is 4.90 Å². The molecule has 1 atom stereocenters. The van der Waals surface area contributed by atoms with Crippen LogP contribution in [0.5, 0.6) is 0 Å². The molecule has 0 saturated carbocycles. The minimum Gasteiger partial charge on any atom is -0.311 e. The van der Waals surface area contributed by atoms with Gasteiger partial charge in [-0.15, -0.1) is 0 Å². The van der Waals surface area contributed by atoms with Gasteiger partial charge in [0.15, 0.2) is 0 Å². The van der Waals surface area contributed by atoms with Crippen molar-refractivity contribution >= 4 is 17.3 Å². The number of para-hydroxylation sites is 1. The van der Waals surface area contributed by atoms with Gasteiger partial charge in [0.05, 0.1) is 11.0 Å². The summed E-state index contributed by atoms with van der Waals surface area (Å²) >= 11 is 0. The van der Waals surface area contributed by atoms with Crippen LogP contribution >= 0.6 is 0 Å². The van der Waals surface area contributed by atoms with Gasteiger partial charge in [0, 0.05) is 30.9 Å². The quantitative estimate of drug-likeness (QED) is 0.620. The van der Waals surface area contributed by atoms with E-state index in [-0.39, 0.29) is 17.6 Å². The normalized spacial score (nSPS) is 17.8. The van der Waals surface area contributed by atoms with Crippen LogP contribution in [0.25, 0.3) is 0 Å². The zero-order chi connectivity index (χ0) is 17.8. The van der Waals surface area contributed by atoms with Gasteiger partial charge in [0.25, 0.3) is 5.69 Å². The van der Waals surface area contributed by atoms with Gasteiger partial charge in [-0.3, -0.25) is 19.8 Å². The Kier molecular flexibility index (Phi) is 5.09. The van der Waals surface area contributed by atoms with E-state index >= 15 is 0 Å². The number of likely N-dealkylation sites (N-methyl/N-ethyl adjacent to an activating group) is 1. The van der Waals surface area contributed by atoms with Crippen LogP contribution in [0.15, 0.2) is 54.6 Å². The summed E-state index contributed by atoms with van der Waals surface area (Å²) in [6, 6.07) is 16.0. The summed E-state index contributed by atoms with van der Waals surface area (Å²) in [5.74, 6) is 0.113. The molecule has 0 aliphatic carbocycles. The number of rotatable bonds is 5. The number of carbonyl (C=O) groups is 1. The second kappa shape index (κ2) is 7.44. The molecule has 0 N–H and O–H groups in total. The molecule has 0 spiro atoms. The van der Waals surface area contributed by atoms with E-state index in [1.54, 1.807) is 12.1 Å². The maximum Gasteiger partial charge on any atom is 0.269 e. The third-order valence-corrected chi connectivity index (χ3v) is 4.59. The number of hydrogen-bond donors (Lipinski definition) is 0. The van der Waals surface area contributed by atoms with Crippen molar-refractivity contribution in [1.29, 1.82) is 0 Å². The lowest BCUT2D eigenvalue weighted by Crippen LogP contribution is -2.51. The highest BCUT2D eigenvalue weighted by molar-refractivity contribution is 5.97. The van der Waals surface area contributed by atoms with E-state index < -0.39 is 4.92 Å². The van der Waals surface area contributed by atoms with Gasteiger partial charge >= 0.3 is 0 Å². The first-order valence-corrected chi connectivity index (χ1v) is 8.36. The SMILES string of the molecule is CN(Cc1ccc([N+](=O)[O-])cc1)C1CCCN(c2ccccc2)C1=O. The molecule has 2 aromatic rings. The standard InChI is InChI=1S/C19H21N3O3/c1-20(14-15-9-11-17(12-10-15)22(24)25)18-8-5-13-21(19(18)23)16-6-3-2-4-7-16/h2-4,6-7,9-12,18H,5,8,13-14H2,1H3. The molecule has 1 aliphatic heterocycles. The number of nitrogens with zero attached hydrogens (tertiary/aromatic N) is 3. The number of piperidine rings is 1. The predicted molar refractivity (Wildman–Crippen MR) is 96.4 cm³/mol. The molecule has 1 fully saturated rings. The molecule has 0 radical (unpaired) electrons. The van der Waals surface area contributed by atoms with Gasteiger partial charge in [0.2, 0.25) is 5.91 Å². The van der Waals surface area contributed by atoms with E-state index in [4.69, 9.17) is 0 Å². The van der Waals surface area contributed by atoms with E-state index in [2.05, 4.69) is 0 Å². The van der Waals surface area contributed by atoms with Crippen LogP contribution in [-0.4, -0.2) is 35.4 Å². The second-order valence-electron chi connectivity index (χ2n) is 6.32. The van der Waals surface area contributed by atoms with Crippen molar-refractivity contribution in [2.24, 2.45) is 0 Å². The molecule has 6 heteroatoms. The maximum atomic E-state index is 12.9. The largest absolute Gasteiger partial charge is 0.311 e. The Morgan fingerprint density at radius 1 is 1.16 bits per heavy atom. The van der Waals surface area contributed by atoms with Gasteiger partial charge < -0.3 is 4.90 Å². The fourth-order valence-corrected chi connectivity index (χ4v) is 3.25. The lowest BCUT2D eigenvalue weighted by Gasteiger charge is -2.37. The highest BCUT2D eigenvalue weighted by atomic mass is 16.6. The lowest BCUT2D eigenvalue weighted by atomic mass is 10.0. The Morgan fingerprint density at radius 2 is 1.84 bits per heavy atom. The summed E-state index contributed by atoms with van der Waals surface area (Å²) in [7, 11) is 1.93. The van der Waals surface area contributed by atoms with Gasteiger partial charge in [0.1, 0.15) is 0 Å². The first-order valence-electron chi connectivity index (χ1n) is 8.36. The number of carbonyl (C=O) groups excluding carboxylic acids is 1. The van der Waals surface area contributed by atoms with Crippen molar-refractivity contribution < 1.29 is 9.72 Å². The number of nitro groups is 1. The molecule has 130 valence electrons. The molecule has 1 saturated heterocycles. The van der Waals surface area contributed by atoms with Crippen molar-refractivity contribution in [3.05, 3.63) is 70.3 Å². The van der Waals surface area contributed by atoms with Crippen molar-refractivity contribution in [3.8, 4) is 0 Å². The van der Waals surface area contributed by atoms with E-state index in [9.17, 15) is 14.9 Å². The number of benzene rings is 2. The third-order valence-electron chi connectivity index (χ3n) is 4.59. The summed E-state index contributed by atoms with van der Waals surface area (Å²) in [5, 5.41) is 10.7. The van der Waals surface area contributed by atoms with E-state index in [0.29, 0.717) is 6.54 Å². The van der Waals surface area contributed by atoms with Crippen molar-refractivity contribution in [2.45, 2.75) is 25.4 Å². The Hall–Kier alpha value is -2.73. The van der Waals surface area contributed by atoms with E-state index in [1.807, 2.05) is 47.2 Å². The Bertz CT molecular complexity index is 746. The second-order valence-corrected chi connectivity index (χ2v) is 6.32. The summed E-state index contributed by atoms with van der Waals surface area (Å²) in [4.78, 5) is 27.1. The Labute approximate surface area is 146 Å². The number of non-ortho nitro benzene ring substituents is 1. The zero-order valence-electron chi connectivity index (χ0n) is 14.2. The molecule has 25 heavy (non-hydrogen) atoms. The number of hydrogen-bond acceptors (Lipinski definition) is 4. The topological polar surface area (TPSA) is 66.7 Å². The molecular weight excluding hydrogens is 318 g/mol. The fraction of sp³-hybridized carbons (Fsp3) is 0.316. The monoisotopic (exact) mass is 339 g/mol. The molecule has 1 aliphatic rings. The van der Waals surface area contributed by atoms with Gasteiger partial charge in [-0.1, -0.05) is 30.3 Å². The van der Waals surface area contributed by atoms with E-state index in [1.165, 1.54) is 12.1 Å².